The summed E-state index contributed by atoms with van der Waals surface area (Å²) in [4.78, 5) is 23.8. The predicted molar refractivity (Wildman–Crippen MR) is 87.6 cm³/mol. The van der Waals surface area contributed by atoms with Crippen LogP contribution in [0.4, 0.5) is 0 Å². The van der Waals surface area contributed by atoms with E-state index in [0.29, 0.717) is 30.5 Å². The second-order valence-electron chi connectivity index (χ2n) is 6.26. The van der Waals surface area contributed by atoms with Gasteiger partial charge in [0.25, 0.3) is 0 Å². The summed E-state index contributed by atoms with van der Waals surface area (Å²) in [5.41, 5.74) is 1.09. The Balaban J connectivity index is 1.68. The van der Waals surface area contributed by atoms with Crippen LogP contribution in [0.2, 0.25) is 5.02 Å². The van der Waals surface area contributed by atoms with Crippen LogP contribution < -0.4 is 10.6 Å². The predicted octanol–water partition coefficient (Wildman–Crippen LogP) is 2.41. The number of carbonyl (C=O) groups excluding carboxylic acids is 2. The van der Waals surface area contributed by atoms with Gasteiger partial charge in [0.05, 0.1) is 11.8 Å². The van der Waals surface area contributed by atoms with Crippen molar-refractivity contribution in [2.24, 2.45) is 17.8 Å². The molecule has 0 heterocycles. The zero-order valence-electron chi connectivity index (χ0n) is 13.1. The Bertz CT molecular complexity index is 545. The van der Waals surface area contributed by atoms with Crippen LogP contribution in [-0.2, 0) is 16.0 Å². The fourth-order valence-electron chi connectivity index (χ4n) is 2.36. The van der Waals surface area contributed by atoms with Gasteiger partial charge in [-0.3, -0.25) is 9.59 Å². The van der Waals surface area contributed by atoms with Crippen LogP contribution in [0.3, 0.4) is 0 Å². The molecule has 1 aliphatic rings. The van der Waals surface area contributed by atoms with E-state index in [1.807, 2.05) is 38.1 Å². The molecule has 0 saturated heterocycles. The number of hydrogen-bond donors (Lipinski definition) is 2. The summed E-state index contributed by atoms with van der Waals surface area (Å²) in [6, 6.07) is 7.61. The molecule has 2 atom stereocenters. The highest BCUT2D eigenvalue weighted by Crippen LogP contribution is 2.38. The van der Waals surface area contributed by atoms with E-state index >= 15 is 0 Å². The van der Waals surface area contributed by atoms with Gasteiger partial charge in [0.15, 0.2) is 0 Å². The van der Waals surface area contributed by atoms with E-state index in [0.717, 1.165) is 12.0 Å². The summed E-state index contributed by atoms with van der Waals surface area (Å²) in [7, 11) is 0. The van der Waals surface area contributed by atoms with E-state index in [-0.39, 0.29) is 23.7 Å². The molecule has 1 aromatic rings. The van der Waals surface area contributed by atoms with Crippen LogP contribution in [0.15, 0.2) is 24.3 Å². The fraction of sp³-hybridized carbons (Fsp3) is 0.529. The Hall–Kier alpha value is -1.55. The van der Waals surface area contributed by atoms with Crippen molar-refractivity contribution in [3.63, 3.8) is 0 Å². The first kappa shape index (κ1) is 16.8. The van der Waals surface area contributed by atoms with Gasteiger partial charge in [-0.05, 0) is 36.5 Å². The Labute approximate surface area is 136 Å². The molecule has 120 valence electrons. The van der Waals surface area contributed by atoms with Crippen molar-refractivity contribution in [1.82, 2.24) is 10.6 Å². The summed E-state index contributed by atoms with van der Waals surface area (Å²) in [5, 5.41) is 6.49. The molecule has 1 aliphatic carbocycles. The molecule has 0 aliphatic heterocycles. The molecule has 22 heavy (non-hydrogen) atoms. The van der Waals surface area contributed by atoms with Crippen LogP contribution >= 0.6 is 11.6 Å². The molecular formula is C17H23ClN2O2. The van der Waals surface area contributed by atoms with Crippen molar-refractivity contribution < 1.29 is 9.59 Å². The minimum atomic E-state index is -0.161. The molecule has 2 amide bonds. The topological polar surface area (TPSA) is 58.2 Å². The largest absolute Gasteiger partial charge is 0.356 e. The molecule has 4 nitrogen and oxygen atoms in total. The highest BCUT2D eigenvalue weighted by molar-refractivity contribution is 6.30. The highest BCUT2D eigenvalue weighted by atomic mass is 35.5. The lowest BCUT2D eigenvalue weighted by Crippen LogP contribution is -2.32. The van der Waals surface area contributed by atoms with Crippen LogP contribution in [0.5, 0.6) is 0 Å². The first-order valence-electron chi connectivity index (χ1n) is 7.77. The maximum atomic E-state index is 12.0. The number of benzene rings is 1. The first-order valence-corrected chi connectivity index (χ1v) is 8.15. The number of halogens is 1. The van der Waals surface area contributed by atoms with Gasteiger partial charge < -0.3 is 10.6 Å². The van der Waals surface area contributed by atoms with Gasteiger partial charge in [-0.2, -0.15) is 0 Å². The van der Waals surface area contributed by atoms with Gasteiger partial charge in [0.1, 0.15) is 0 Å². The van der Waals surface area contributed by atoms with Gasteiger partial charge in [-0.1, -0.05) is 37.6 Å². The van der Waals surface area contributed by atoms with Crippen LogP contribution in [0.1, 0.15) is 25.8 Å². The van der Waals surface area contributed by atoms with Gasteiger partial charge in [0.2, 0.25) is 11.8 Å². The van der Waals surface area contributed by atoms with Crippen molar-refractivity contribution in [1.29, 1.82) is 0 Å². The molecule has 0 bridgehead atoms. The van der Waals surface area contributed by atoms with E-state index in [1.165, 1.54) is 0 Å². The van der Waals surface area contributed by atoms with E-state index in [4.69, 9.17) is 11.6 Å². The van der Waals surface area contributed by atoms with Gasteiger partial charge in [-0.25, -0.2) is 0 Å². The molecule has 2 rings (SSSR count). The van der Waals surface area contributed by atoms with Crippen molar-refractivity contribution in [3.8, 4) is 0 Å². The third kappa shape index (κ3) is 5.02. The lowest BCUT2D eigenvalue weighted by molar-refractivity contribution is -0.127. The lowest BCUT2D eigenvalue weighted by atomic mass is 10.1. The molecule has 5 heteroatoms. The molecule has 0 radical (unpaired) electrons. The number of hydrogen-bond acceptors (Lipinski definition) is 2. The van der Waals surface area contributed by atoms with Crippen molar-refractivity contribution in [3.05, 3.63) is 34.9 Å². The molecule has 0 aromatic heterocycles. The lowest BCUT2D eigenvalue weighted by Gasteiger charge is -2.08. The summed E-state index contributed by atoms with van der Waals surface area (Å²) in [6.45, 7) is 5.33. The van der Waals surface area contributed by atoms with E-state index in [9.17, 15) is 9.59 Å². The van der Waals surface area contributed by atoms with E-state index in [1.54, 1.807) is 0 Å². The van der Waals surface area contributed by atoms with Gasteiger partial charge >= 0.3 is 0 Å². The third-order valence-corrected chi connectivity index (χ3v) is 3.99. The molecule has 1 fully saturated rings. The summed E-state index contributed by atoms with van der Waals surface area (Å²) >= 11 is 5.92. The number of amides is 2. The van der Waals surface area contributed by atoms with Crippen LogP contribution in [0.25, 0.3) is 0 Å². The van der Waals surface area contributed by atoms with E-state index in [2.05, 4.69) is 10.6 Å². The maximum absolute atomic E-state index is 12.0. The van der Waals surface area contributed by atoms with Crippen LogP contribution in [-0.4, -0.2) is 24.9 Å². The fourth-order valence-corrected chi connectivity index (χ4v) is 2.58. The molecular weight excluding hydrogens is 300 g/mol. The molecule has 1 aromatic carbocycles. The molecule has 0 spiro atoms. The summed E-state index contributed by atoms with van der Waals surface area (Å²) in [6.07, 6.45) is 1.40. The second-order valence-corrected chi connectivity index (χ2v) is 6.70. The SMILES string of the molecule is CC(C)CNC(=O)C1CC1C(=O)NCCc1cccc(Cl)c1. The second kappa shape index (κ2) is 7.63. The average molecular weight is 323 g/mol. The maximum Gasteiger partial charge on any atom is 0.223 e. The van der Waals surface area contributed by atoms with E-state index < -0.39 is 0 Å². The highest BCUT2D eigenvalue weighted by Gasteiger charge is 2.47. The van der Waals surface area contributed by atoms with Crippen LogP contribution in [0, 0.1) is 17.8 Å². The zero-order chi connectivity index (χ0) is 16.1. The standard InChI is InChI=1S/C17H23ClN2O2/c1-11(2)10-20-17(22)15-9-14(15)16(21)19-7-6-12-4-3-5-13(18)8-12/h3-5,8,11,14-15H,6-7,9-10H2,1-2H3,(H,19,21)(H,20,22). The summed E-state index contributed by atoms with van der Waals surface area (Å²) < 4.78 is 0. The molecule has 1 saturated carbocycles. The van der Waals surface area contributed by atoms with Crippen molar-refractivity contribution >= 4 is 23.4 Å². The minimum Gasteiger partial charge on any atom is -0.356 e. The summed E-state index contributed by atoms with van der Waals surface area (Å²) in [5.74, 6) is 0.0968. The Morgan fingerprint density at radius 1 is 1.23 bits per heavy atom. The smallest absolute Gasteiger partial charge is 0.223 e. The van der Waals surface area contributed by atoms with Gasteiger partial charge in [-0.15, -0.1) is 0 Å². The number of nitrogens with one attached hydrogen (secondary N) is 2. The average Bonchev–Trinajstić information content (AvgIpc) is 3.25. The van der Waals surface area contributed by atoms with Crippen molar-refractivity contribution in [2.75, 3.05) is 13.1 Å². The zero-order valence-corrected chi connectivity index (χ0v) is 13.8. The molecule has 2 N–H and O–H groups in total. The Morgan fingerprint density at radius 3 is 2.55 bits per heavy atom. The minimum absolute atomic E-state index is 0.00342. The first-order chi connectivity index (χ1) is 10.5. The monoisotopic (exact) mass is 322 g/mol. The number of carbonyl (C=O) groups is 2. The molecule has 2 unspecified atom stereocenters. The third-order valence-electron chi connectivity index (χ3n) is 3.75. The normalized spacial score (nSPS) is 19.8. The number of rotatable bonds is 7. The Kier molecular flexibility index (Phi) is 5.83. The Morgan fingerprint density at radius 2 is 1.91 bits per heavy atom. The van der Waals surface area contributed by atoms with Gasteiger partial charge in [0, 0.05) is 18.1 Å². The quantitative estimate of drug-likeness (QED) is 0.810. The van der Waals surface area contributed by atoms with Crippen molar-refractivity contribution in [2.45, 2.75) is 26.7 Å².